The fraction of sp³-hybridized carbons (Fsp3) is 0.550. The second kappa shape index (κ2) is 8.99. The van der Waals surface area contributed by atoms with Crippen molar-refractivity contribution in [3.63, 3.8) is 0 Å². The predicted octanol–water partition coefficient (Wildman–Crippen LogP) is 1.71. The molecule has 0 radical (unpaired) electrons. The zero-order chi connectivity index (χ0) is 19.2. The van der Waals surface area contributed by atoms with E-state index in [4.69, 9.17) is 0 Å². The van der Waals surface area contributed by atoms with Crippen LogP contribution < -0.4 is 16.6 Å². The van der Waals surface area contributed by atoms with Crippen molar-refractivity contribution in [2.24, 2.45) is 0 Å². The summed E-state index contributed by atoms with van der Waals surface area (Å²) in [4.78, 5) is 42.2. The van der Waals surface area contributed by atoms with Crippen molar-refractivity contribution in [3.05, 3.63) is 44.6 Å². The number of H-pyrrole nitrogens is 1. The van der Waals surface area contributed by atoms with Gasteiger partial charge in [0.15, 0.2) is 0 Å². The third-order valence-electron chi connectivity index (χ3n) is 5.14. The van der Waals surface area contributed by atoms with Gasteiger partial charge in [-0.25, -0.2) is 4.79 Å². The third kappa shape index (κ3) is 4.66. The monoisotopic (exact) mass is 372 g/mol. The highest BCUT2D eigenvalue weighted by atomic mass is 16.2. The Morgan fingerprint density at radius 1 is 1.15 bits per heavy atom. The second-order valence-corrected chi connectivity index (χ2v) is 7.16. The quantitative estimate of drug-likeness (QED) is 0.775. The molecule has 1 aliphatic rings. The van der Waals surface area contributed by atoms with E-state index in [-0.39, 0.29) is 11.5 Å². The molecule has 3 rings (SSSR count). The molecule has 0 unspecified atom stereocenters. The maximum atomic E-state index is 12.5. The number of hydrogen-bond acceptors (Lipinski definition) is 4. The topological polar surface area (TPSA) is 87.2 Å². The van der Waals surface area contributed by atoms with E-state index in [0.29, 0.717) is 29.6 Å². The van der Waals surface area contributed by atoms with Gasteiger partial charge in [0.25, 0.3) is 11.5 Å². The first-order chi connectivity index (χ1) is 13.1. The van der Waals surface area contributed by atoms with Gasteiger partial charge in [0.05, 0.1) is 10.9 Å². The summed E-state index contributed by atoms with van der Waals surface area (Å²) in [5, 5.41) is 3.35. The number of likely N-dealkylation sites (tertiary alicyclic amines) is 1. The van der Waals surface area contributed by atoms with Gasteiger partial charge in [-0.05, 0) is 50.6 Å². The van der Waals surface area contributed by atoms with Gasteiger partial charge < -0.3 is 15.2 Å². The highest BCUT2D eigenvalue weighted by molar-refractivity contribution is 5.97. The molecular weight excluding hydrogens is 344 g/mol. The number of amides is 1. The zero-order valence-electron chi connectivity index (χ0n) is 15.9. The van der Waals surface area contributed by atoms with Crippen LogP contribution in [0.25, 0.3) is 10.9 Å². The fourth-order valence-corrected chi connectivity index (χ4v) is 3.53. The molecular formula is C20H28N4O3. The van der Waals surface area contributed by atoms with E-state index in [2.05, 4.69) is 15.2 Å². The Morgan fingerprint density at radius 2 is 1.93 bits per heavy atom. The number of aromatic nitrogens is 2. The van der Waals surface area contributed by atoms with Crippen LogP contribution in [0.3, 0.4) is 0 Å². The number of aromatic amines is 1. The molecule has 27 heavy (non-hydrogen) atoms. The van der Waals surface area contributed by atoms with E-state index in [1.165, 1.54) is 23.8 Å². The minimum Gasteiger partial charge on any atom is -0.351 e. The number of unbranched alkanes of at least 4 members (excludes halogenated alkanes) is 1. The standard InChI is InChI=1S/C20H28N4O3/c1-2-3-12-24-19(26)16-8-7-15(14-17(16)22-20(24)27)18(25)21-9-13-23-10-5-4-6-11-23/h7-8,14H,2-6,9-13H2,1H3,(H,21,25)(H,22,27). The summed E-state index contributed by atoms with van der Waals surface area (Å²) in [6, 6.07) is 4.84. The van der Waals surface area contributed by atoms with E-state index < -0.39 is 5.69 Å². The molecule has 2 N–H and O–H groups in total. The van der Waals surface area contributed by atoms with Gasteiger partial charge in [-0.2, -0.15) is 0 Å². The SMILES string of the molecule is CCCCn1c(=O)[nH]c2cc(C(=O)NCCN3CCCCC3)ccc2c1=O. The van der Waals surface area contributed by atoms with Crippen molar-refractivity contribution in [2.45, 2.75) is 45.6 Å². The molecule has 146 valence electrons. The van der Waals surface area contributed by atoms with Crippen molar-refractivity contribution in [1.82, 2.24) is 19.8 Å². The summed E-state index contributed by atoms with van der Waals surface area (Å²) >= 11 is 0. The van der Waals surface area contributed by atoms with Crippen molar-refractivity contribution in [2.75, 3.05) is 26.2 Å². The maximum absolute atomic E-state index is 12.5. The number of carbonyl (C=O) groups is 1. The summed E-state index contributed by atoms with van der Waals surface area (Å²) in [6.45, 7) is 6.04. The molecule has 7 nitrogen and oxygen atoms in total. The summed E-state index contributed by atoms with van der Waals surface area (Å²) in [5.74, 6) is -0.190. The number of hydrogen-bond donors (Lipinski definition) is 2. The van der Waals surface area contributed by atoms with Crippen LogP contribution in [0.15, 0.2) is 27.8 Å². The molecule has 0 saturated carbocycles. The second-order valence-electron chi connectivity index (χ2n) is 7.16. The average molecular weight is 372 g/mol. The molecule has 0 bridgehead atoms. The molecule has 1 fully saturated rings. The van der Waals surface area contributed by atoms with E-state index in [0.717, 1.165) is 32.5 Å². The summed E-state index contributed by atoms with van der Waals surface area (Å²) in [5.41, 5.74) is 0.117. The average Bonchev–Trinajstić information content (AvgIpc) is 2.68. The molecule has 2 aromatic rings. The van der Waals surface area contributed by atoms with Crippen LogP contribution in [0.4, 0.5) is 0 Å². The molecule has 0 spiro atoms. The number of nitrogens with one attached hydrogen (secondary N) is 2. The fourth-order valence-electron chi connectivity index (χ4n) is 3.53. The summed E-state index contributed by atoms with van der Waals surface area (Å²) in [6.07, 6.45) is 5.41. The molecule has 0 aliphatic carbocycles. The number of nitrogens with zero attached hydrogens (tertiary/aromatic N) is 2. The lowest BCUT2D eigenvalue weighted by Crippen LogP contribution is -2.37. The minimum absolute atomic E-state index is 0.190. The summed E-state index contributed by atoms with van der Waals surface area (Å²) in [7, 11) is 0. The van der Waals surface area contributed by atoms with Crippen LogP contribution in [0.5, 0.6) is 0 Å². The first-order valence-corrected chi connectivity index (χ1v) is 9.87. The summed E-state index contributed by atoms with van der Waals surface area (Å²) < 4.78 is 1.23. The van der Waals surface area contributed by atoms with Crippen molar-refractivity contribution in [1.29, 1.82) is 0 Å². The van der Waals surface area contributed by atoms with Gasteiger partial charge in [0, 0.05) is 25.2 Å². The van der Waals surface area contributed by atoms with Gasteiger partial charge in [-0.15, -0.1) is 0 Å². The molecule has 1 aliphatic heterocycles. The molecule has 7 heteroatoms. The lowest BCUT2D eigenvalue weighted by atomic mass is 10.1. The van der Waals surface area contributed by atoms with Gasteiger partial charge >= 0.3 is 5.69 Å². The first-order valence-electron chi connectivity index (χ1n) is 9.87. The Morgan fingerprint density at radius 3 is 2.67 bits per heavy atom. The Hall–Kier alpha value is -2.41. The van der Waals surface area contributed by atoms with Crippen molar-refractivity contribution >= 4 is 16.8 Å². The Balaban J connectivity index is 1.71. The lowest BCUT2D eigenvalue weighted by Gasteiger charge is -2.26. The highest BCUT2D eigenvalue weighted by Crippen LogP contribution is 2.10. The van der Waals surface area contributed by atoms with Crippen molar-refractivity contribution < 1.29 is 4.79 Å². The van der Waals surface area contributed by atoms with Gasteiger partial charge in [0.1, 0.15) is 0 Å². The lowest BCUT2D eigenvalue weighted by molar-refractivity contribution is 0.0946. The number of benzene rings is 1. The largest absolute Gasteiger partial charge is 0.351 e. The van der Waals surface area contributed by atoms with Crippen LogP contribution in [0.1, 0.15) is 49.4 Å². The van der Waals surface area contributed by atoms with E-state index in [9.17, 15) is 14.4 Å². The van der Waals surface area contributed by atoms with Gasteiger partial charge in [0.2, 0.25) is 0 Å². The number of rotatable bonds is 7. The van der Waals surface area contributed by atoms with Gasteiger partial charge in [-0.3, -0.25) is 14.2 Å². The number of piperidine rings is 1. The maximum Gasteiger partial charge on any atom is 0.328 e. The molecule has 1 saturated heterocycles. The molecule has 2 heterocycles. The van der Waals surface area contributed by atoms with Crippen LogP contribution in [-0.2, 0) is 6.54 Å². The molecule has 1 aromatic heterocycles. The normalized spacial score (nSPS) is 15.1. The van der Waals surface area contributed by atoms with Crippen LogP contribution in [0.2, 0.25) is 0 Å². The predicted molar refractivity (Wildman–Crippen MR) is 106 cm³/mol. The van der Waals surface area contributed by atoms with Crippen LogP contribution in [-0.4, -0.2) is 46.5 Å². The van der Waals surface area contributed by atoms with E-state index in [1.807, 2.05) is 6.92 Å². The first kappa shape index (κ1) is 19.4. The molecule has 0 atom stereocenters. The Kier molecular flexibility index (Phi) is 6.45. The Labute approximate surface area is 158 Å². The Bertz CT molecular complexity index is 910. The van der Waals surface area contributed by atoms with E-state index >= 15 is 0 Å². The number of carbonyl (C=O) groups excluding carboxylic acids is 1. The van der Waals surface area contributed by atoms with Gasteiger partial charge in [-0.1, -0.05) is 19.8 Å². The van der Waals surface area contributed by atoms with E-state index in [1.54, 1.807) is 18.2 Å². The van der Waals surface area contributed by atoms with Crippen LogP contribution in [0, 0.1) is 0 Å². The van der Waals surface area contributed by atoms with Crippen molar-refractivity contribution in [3.8, 4) is 0 Å². The third-order valence-corrected chi connectivity index (χ3v) is 5.14. The zero-order valence-corrected chi connectivity index (χ0v) is 15.9. The highest BCUT2D eigenvalue weighted by Gasteiger charge is 2.13. The minimum atomic E-state index is -0.427. The number of fused-ring (bicyclic) bond motifs is 1. The molecule has 1 aromatic carbocycles. The molecule has 1 amide bonds. The smallest absolute Gasteiger partial charge is 0.328 e. The van der Waals surface area contributed by atoms with Crippen LogP contribution >= 0.6 is 0 Å².